The number of amides is 3. The molecule has 1 aromatic carbocycles. The molecule has 0 saturated carbocycles. The molecule has 0 aliphatic heterocycles. The predicted octanol–water partition coefficient (Wildman–Crippen LogP) is 4.05. The standard InChI is InChI=1S/C25H41N3O5/c1-15(2)14-18(26-23(32)33-25(7,8)9)22(31)28(10)19(21(30)27-24(4,5)6)17-13-11-12-16(3)20(17)29/h11-13,15,18-19,29H,14H2,1-10H3,(H,26,32)(H,27,30). The quantitative estimate of drug-likeness (QED) is 0.565. The highest BCUT2D eigenvalue weighted by molar-refractivity contribution is 5.92. The zero-order valence-corrected chi connectivity index (χ0v) is 21.7. The van der Waals surface area contributed by atoms with Crippen molar-refractivity contribution in [3.05, 3.63) is 29.3 Å². The number of alkyl carbamates (subject to hydrolysis) is 1. The number of nitrogens with zero attached hydrogens (tertiary/aromatic N) is 1. The molecule has 0 heterocycles. The summed E-state index contributed by atoms with van der Waals surface area (Å²) < 4.78 is 5.33. The molecule has 33 heavy (non-hydrogen) atoms. The SMILES string of the molecule is Cc1cccc(C(C(=O)NC(C)(C)C)N(C)C(=O)C(CC(C)C)NC(=O)OC(C)(C)C)c1O. The van der Waals surface area contributed by atoms with E-state index in [1.807, 2.05) is 34.6 Å². The van der Waals surface area contributed by atoms with Gasteiger partial charge in [0.2, 0.25) is 11.8 Å². The number of rotatable bonds is 7. The molecule has 0 aliphatic rings. The van der Waals surface area contributed by atoms with E-state index in [1.54, 1.807) is 45.9 Å². The number of aromatic hydroxyl groups is 1. The van der Waals surface area contributed by atoms with Gasteiger partial charge in [0, 0.05) is 18.2 Å². The summed E-state index contributed by atoms with van der Waals surface area (Å²) in [5.74, 6) is -0.840. The molecule has 2 unspecified atom stereocenters. The van der Waals surface area contributed by atoms with E-state index in [4.69, 9.17) is 4.74 Å². The number of phenolic OH excluding ortho intramolecular Hbond substituents is 1. The van der Waals surface area contributed by atoms with E-state index in [9.17, 15) is 19.5 Å². The van der Waals surface area contributed by atoms with Crippen LogP contribution in [0.2, 0.25) is 0 Å². The number of benzene rings is 1. The summed E-state index contributed by atoms with van der Waals surface area (Å²) in [6, 6.07) is 3.08. The first kappa shape index (κ1) is 28.3. The number of phenols is 1. The minimum Gasteiger partial charge on any atom is -0.507 e. The summed E-state index contributed by atoms with van der Waals surface area (Å²) in [5, 5.41) is 16.2. The summed E-state index contributed by atoms with van der Waals surface area (Å²) in [5.41, 5.74) is -0.366. The fourth-order valence-electron chi connectivity index (χ4n) is 3.38. The van der Waals surface area contributed by atoms with Gasteiger partial charge in [0.05, 0.1) is 0 Å². The highest BCUT2D eigenvalue weighted by atomic mass is 16.6. The van der Waals surface area contributed by atoms with Gasteiger partial charge in [-0.1, -0.05) is 32.0 Å². The molecule has 0 fully saturated rings. The van der Waals surface area contributed by atoms with Gasteiger partial charge >= 0.3 is 6.09 Å². The molecular formula is C25H41N3O5. The zero-order chi connectivity index (χ0) is 25.7. The van der Waals surface area contributed by atoms with Gasteiger partial charge in [-0.15, -0.1) is 0 Å². The average Bonchev–Trinajstić information content (AvgIpc) is 2.60. The summed E-state index contributed by atoms with van der Waals surface area (Å²) in [7, 11) is 1.50. The Morgan fingerprint density at radius 1 is 1.09 bits per heavy atom. The number of para-hydroxylation sites is 1. The first-order chi connectivity index (χ1) is 14.9. The Labute approximate surface area is 198 Å². The van der Waals surface area contributed by atoms with E-state index in [-0.39, 0.29) is 11.7 Å². The van der Waals surface area contributed by atoms with Crippen LogP contribution in [0.5, 0.6) is 5.75 Å². The van der Waals surface area contributed by atoms with Crippen molar-refractivity contribution in [3.8, 4) is 5.75 Å². The van der Waals surface area contributed by atoms with Gasteiger partial charge < -0.3 is 25.4 Å². The molecule has 1 aromatic rings. The predicted molar refractivity (Wildman–Crippen MR) is 129 cm³/mol. The number of likely N-dealkylation sites (N-methyl/N-ethyl adjacent to an activating group) is 1. The third-order valence-electron chi connectivity index (χ3n) is 4.74. The van der Waals surface area contributed by atoms with Crippen molar-refractivity contribution >= 4 is 17.9 Å². The van der Waals surface area contributed by atoms with Crippen molar-refractivity contribution in [1.82, 2.24) is 15.5 Å². The Balaban J connectivity index is 3.37. The molecule has 8 heteroatoms. The number of hydrogen-bond donors (Lipinski definition) is 3. The van der Waals surface area contributed by atoms with Gasteiger partial charge in [-0.05, 0) is 66.4 Å². The normalized spacial score (nSPS) is 13.8. The third kappa shape index (κ3) is 8.94. The van der Waals surface area contributed by atoms with Gasteiger partial charge in [-0.25, -0.2) is 4.79 Å². The van der Waals surface area contributed by atoms with Gasteiger partial charge in [0.25, 0.3) is 0 Å². The van der Waals surface area contributed by atoms with Crippen molar-refractivity contribution < 1.29 is 24.2 Å². The molecular weight excluding hydrogens is 422 g/mol. The fraction of sp³-hybridized carbons (Fsp3) is 0.640. The molecule has 0 aromatic heterocycles. The second-order valence-electron chi connectivity index (χ2n) is 10.9. The van der Waals surface area contributed by atoms with E-state index in [0.29, 0.717) is 17.5 Å². The Kier molecular flexibility index (Phi) is 9.33. The number of aryl methyl sites for hydroxylation is 1. The first-order valence-corrected chi connectivity index (χ1v) is 11.3. The Morgan fingerprint density at radius 2 is 1.67 bits per heavy atom. The number of ether oxygens (including phenoxy) is 1. The molecule has 2 atom stereocenters. The smallest absolute Gasteiger partial charge is 0.408 e. The highest BCUT2D eigenvalue weighted by Gasteiger charge is 2.36. The lowest BCUT2D eigenvalue weighted by Crippen LogP contribution is -2.53. The number of carbonyl (C=O) groups excluding carboxylic acids is 3. The molecule has 0 saturated heterocycles. The van der Waals surface area contributed by atoms with E-state index < -0.39 is 41.1 Å². The molecule has 0 radical (unpaired) electrons. The topological polar surface area (TPSA) is 108 Å². The van der Waals surface area contributed by atoms with Crippen LogP contribution in [0.3, 0.4) is 0 Å². The number of nitrogens with one attached hydrogen (secondary N) is 2. The Bertz CT molecular complexity index is 853. The van der Waals surface area contributed by atoms with E-state index in [1.165, 1.54) is 11.9 Å². The van der Waals surface area contributed by atoms with E-state index >= 15 is 0 Å². The van der Waals surface area contributed by atoms with Gasteiger partial charge in [-0.2, -0.15) is 0 Å². The van der Waals surface area contributed by atoms with Crippen LogP contribution < -0.4 is 10.6 Å². The fourth-order valence-corrected chi connectivity index (χ4v) is 3.38. The van der Waals surface area contributed by atoms with Crippen molar-refractivity contribution in [2.75, 3.05) is 7.05 Å². The van der Waals surface area contributed by atoms with Crippen LogP contribution in [-0.2, 0) is 14.3 Å². The molecule has 186 valence electrons. The van der Waals surface area contributed by atoms with Gasteiger partial charge in [-0.3, -0.25) is 9.59 Å². The number of hydrogen-bond acceptors (Lipinski definition) is 5. The van der Waals surface area contributed by atoms with Crippen LogP contribution in [-0.4, -0.2) is 52.1 Å². The van der Waals surface area contributed by atoms with Crippen molar-refractivity contribution in [2.45, 2.75) is 92.0 Å². The lowest BCUT2D eigenvalue weighted by molar-refractivity contribution is -0.141. The van der Waals surface area contributed by atoms with Gasteiger partial charge in [0.15, 0.2) is 0 Å². The minimum atomic E-state index is -1.09. The maximum absolute atomic E-state index is 13.6. The molecule has 0 spiro atoms. The van der Waals surface area contributed by atoms with E-state index in [0.717, 1.165) is 0 Å². The summed E-state index contributed by atoms with van der Waals surface area (Å²) in [6.07, 6.45) is -0.348. The summed E-state index contributed by atoms with van der Waals surface area (Å²) in [6.45, 7) is 16.3. The summed E-state index contributed by atoms with van der Waals surface area (Å²) >= 11 is 0. The van der Waals surface area contributed by atoms with Gasteiger partial charge in [0.1, 0.15) is 23.4 Å². The first-order valence-electron chi connectivity index (χ1n) is 11.3. The van der Waals surface area contributed by atoms with Crippen LogP contribution in [0.15, 0.2) is 18.2 Å². The van der Waals surface area contributed by atoms with Crippen LogP contribution in [0, 0.1) is 12.8 Å². The largest absolute Gasteiger partial charge is 0.507 e. The van der Waals surface area contributed by atoms with Crippen LogP contribution in [0.4, 0.5) is 4.79 Å². The van der Waals surface area contributed by atoms with Crippen molar-refractivity contribution in [2.24, 2.45) is 5.92 Å². The van der Waals surface area contributed by atoms with Crippen LogP contribution in [0.25, 0.3) is 0 Å². The monoisotopic (exact) mass is 463 g/mol. The third-order valence-corrected chi connectivity index (χ3v) is 4.74. The summed E-state index contributed by atoms with van der Waals surface area (Å²) in [4.78, 5) is 40.5. The van der Waals surface area contributed by atoms with E-state index in [2.05, 4.69) is 10.6 Å². The molecule has 0 bridgehead atoms. The van der Waals surface area contributed by atoms with Crippen molar-refractivity contribution in [3.63, 3.8) is 0 Å². The minimum absolute atomic E-state index is 0.0493. The molecule has 3 N–H and O–H groups in total. The molecule has 0 aliphatic carbocycles. The van der Waals surface area contributed by atoms with Crippen LogP contribution >= 0.6 is 0 Å². The number of carbonyl (C=O) groups is 3. The average molecular weight is 464 g/mol. The second kappa shape index (κ2) is 10.9. The zero-order valence-electron chi connectivity index (χ0n) is 21.7. The highest BCUT2D eigenvalue weighted by Crippen LogP contribution is 2.32. The maximum Gasteiger partial charge on any atom is 0.408 e. The second-order valence-corrected chi connectivity index (χ2v) is 10.9. The molecule has 8 nitrogen and oxygen atoms in total. The van der Waals surface area contributed by atoms with Crippen LogP contribution in [0.1, 0.15) is 79.0 Å². The Hall–Kier alpha value is -2.77. The lowest BCUT2D eigenvalue weighted by atomic mass is 9.97. The maximum atomic E-state index is 13.6. The molecule has 1 rings (SSSR count). The lowest BCUT2D eigenvalue weighted by Gasteiger charge is -2.34. The van der Waals surface area contributed by atoms with Crippen molar-refractivity contribution in [1.29, 1.82) is 0 Å². The molecule has 3 amide bonds. The Morgan fingerprint density at radius 3 is 2.15 bits per heavy atom.